The Morgan fingerprint density at radius 2 is 1.70 bits per heavy atom. The molecule has 0 aliphatic carbocycles. The molecular weight excluding hydrogens is 256 g/mol. The number of amides is 1. The Balaban J connectivity index is 2.34. The Morgan fingerprint density at radius 1 is 1.15 bits per heavy atom. The first kappa shape index (κ1) is 17.0. The molecule has 0 saturated carbocycles. The van der Waals surface area contributed by atoms with Crippen LogP contribution in [0.2, 0.25) is 0 Å². The molecule has 1 aliphatic rings. The highest BCUT2D eigenvalue weighted by Gasteiger charge is 2.23. The van der Waals surface area contributed by atoms with Crippen molar-refractivity contribution in [1.29, 1.82) is 0 Å². The first-order valence-corrected chi connectivity index (χ1v) is 7.78. The van der Waals surface area contributed by atoms with Crippen molar-refractivity contribution in [3.63, 3.8) is 0 Å². The van der Waals surface area contributed by atoms with E-state index in [1.54, 1.807) is 0 Å². The summed E-state index contributed by atoms with van der Waals surface area (Å²) < 4.78 is 0. The monoisotopic (exact) mass is 284 g/mol. The van der Waals surface area contributed by atoms with Crippen molar-refractivity contribution in [3.05, 3.63) is 0 Å². The van der Waals surface area contributed by atoms with Crippen LogP contribution in [0.4, 0.5) is 0 Å². The second-order valence-corrected chi connectivity index (χ2v) is 5.70. The zero-order valence-corrected chi connectivity index (χ0v) is 12.8. The summed E-state index contributed by atoms with van der Waals surface area (Å²) in [6.07, 6.45) is 4.03. The Bertz CT molecular complexity index is 306. The van der Waals surface area contributed by atoms with Gasteiger partial charge in [0.25, 0.3) is 0 Å². The summed E-state index contributed by atoms with van der Waals surface area (Å²) in [7, 11) is 0. The lowest BCUT2D eigenvalue weighted by Gasteiger charge is -2.32. The van der Waals surface area contributed by atoms with Gasteiger partial charge < -0.3 is 10.0 Å². The molecule has 1 fully saturated rings. The summed E-state index contributed by atoms with van der Waals surface area (Å²) in [5.41, 5.74) is 0. The van der Waals surface area contributed by atoms with E-state index in [0.717, 1.165) is 51.9 Å². The van der Waals surface area contributed by atoms with E-state index in [-0.39, 0.29) is 18.2 Å². The third-order valence-electron chi connectivity index (χ3n) is 3.87. The number of rotatable bonds is 8. The number of carboxylic acids is 1. The standard InChI is InChI=1S/C15H28N2O3/c1-3-7-17(8-4-2)14(18)12-16-9-5-13(6-10-16)11-15(19)20/h13H,3-12H2,1-2H3,(H,19,20). The lowest BCUT2D eigenvalue weighted by molar-refractivity contribution is -0.139. The number of carbonyl (C=O) groups excluding carboxylic acids is 1. The van der Waals surface area contributed by atoms with Crippen molar-refractivity contribution in [3.8, 4) is 0 Å². The average Bonchev–Trinajstić information content (AvgIpc) is 2.40. The normalized spacial score (nSPS) is 17.1. The fourth-order valence-electron chi connectivity index (χ4n) is 2.79. The summed E-state index contributed by atoms with van der Waals surface area (Å²) in [5, 5.41) is 8.79. The smallest absolute Gasteiger partial charge is 0.303 e. The molecule has 1 rings (SSSR count). The fourth-order valence-corrected chi connectivity index (χ4v) is 2.79. The number of likely N-dealkylation sites (tertiary alicyclic amines) is 1. The van der Waals surface area contributed by atoms with Gasteiger partial charge in [-0.25, -0.2) is 0 Å². The van der Waals surface area contributed by atoms with Gasteiger partial charge in [0.1, 0.15) is 0 Å². The average molecular weight is 284 g/mol. The van der Waals surface area contributed by atoms with Gasteiger partial charge in [-0.2, -0.15) is 0 Å². The molecule has 0 unspecified atom stereocenters. The largest absolute Gasteiger partial charge is 0.481 e. The highest BCUT2D eigenvalue weighted by atomic mass is 16.4. The van der Waals surface area contributed by atoms with Crippen LogP contribution in [0, 0.1) is 5.92 Å². The number of hydrogen-bond acceptors (Lipinski definition) is 3. The number of hydrogen-bond donors (Lipinski definition) is 1. The van der Waals surface area contributed by atoms with E-state index in [4.69, 9.17) is 5.11 Å². The van der Waals surface area contributed by atoms with Crippen molar-refractivity contribution in [1.82, 2.24) is 9.80 Å². The molecule has 5 heteroatoms. The second-order valence-electron chi connectivity index (χ2n) is 5.70. The summed E-state index contributed by atoms with van der Waals surface area (Å²) in [6, 6.07) is 0. The van der Waals surface area contributed by atoms with Crippen LogP contribution < -0.4 is 0 Å². The minimum absolute atomic E-state index is 0.213. The minimum Gasteiger partial charge on any atom is -0.481 e. The fraction of sp³-hybridized carbons (Fsp3) is 0.867. The second kappa shape index (κ2) is 8.95. The van der Waals surface area contributed by atoms with Gasteiger partial charge >= 0.3 is 5.97 Å². The van der Waals surface area contributed by atoms with Gasteiger partial charge in [-0.05, 0) is 44.7 Å². The van der Waals surface area contributed by atoms with Gasteiger partial charge in [-0.1, -0.05) is 13.8 Å². The lowest BCUT2D eigenvalue weighted by atomic mass is 9.93. The predicted molar refractivity (Wildman–Crippen MR) is 78.6 cm³/mol. The van der Waals surface area contributed by atoms with E-state index >= 15 is 0 Å². The van der Waals surface area contributed by atoms with Crippen LogP contribution in [-0.4, -0.2) is 59.5 Å². The highest BCUT2D eigenvalue weighted by Crippen LogP contribution is 2.20. The van der Waals surface area contributed by atoms with Crippen LogP contribution in [-0.2, 0) is 9.59 Å². The van der Waals surface area contributed by atoms with E-state index in [2.05, 4.69) is 18.7 Å². The van der Waals surface area contributed by atoms with Gasteiger partial charge in [-0.15, -0.1) is 0 Å². The number of aliphatic carboxylic acids is 1. The van der Waals surface area contributed by atoms with Gasteiger partial charge in [0.15, 0.2) is 0 Å². The quantitative estimate of drug-likeness (QED) is 0.738. The predicted octanol–water partition coefficient (Wildman–Crippen LogP) is 1.82. The van der Waals surface area contributed by atoms with Gasteiger partial charge in [0.2, 0.25) is 5.91 Å². The maximum absolute atomic E-state index is 12.2. The van der Waals surface area contributed by atoms with E-state index in [1.165, 1.54) is 0 Å². The molecule has 0 bridgehead atoms. The van der Waals surface area contributed by atoms with Crippen molar-refractivity contribution >= 4 is 11.9 Å². The molecule has 0 aromatic heterocycles. The number of carboxylic acid groups (broad SMARTS) is 1. The van der Waals surface area contributed by atoms with Gasteiger partial charge in [0, 0.05) is 19.5 Å². The molecule has 1 N–H and O–H groups in total. The molecule has 0 radical (unpaired) electrons. The highest BCUT2D eigenvalue weighted by molar-refractivity contribution is 5.78. The molecule has 1 heterocycles. The molecule has 1 saturated heterocycles. The van der Waals surface area contributed by atoms with Crippen LogP contribution in [0.5, 0.6) is 0 Å². The van der Waals surface area contributed by atoms with Gasteiger partial charge in [-0.3, -0.25) is 14.5 Å². The molecular formula is C15H28N2O3. The van der Waals surface area contributed by atoms with Crippen LogP contribution >= 0.6 is 0 Å². The van der Waals surface area contributed by atoms with E-state index in [0.29, 0.717) is 6.54 Å². The first-order valence-electron chi connectivity index (χ1n) is 7.78. The summed E-state index contributed by atoms with van der Waals surface area (Å²) in [6.45, 7) is 8.02. The zero-order chi connectivity index (χ0) is 15.0. The Labute approximate surface area is 121 Å². The molecule has 5 nitrogen and oxygen atoms in total. The van der Waals surface area contributed by atoms with Crippen molar-refractivity contribution in [2.24, 2.45) is 5.92 Å². The molecule has 0 aromatic rings. The maximum Gasteiger partial charge on any atom is 0.303 e. The zero-order valence-electron chi connectivity index (χ0n) is 12.8. The van der Waals surface area contributed by atoms with Crippen LogP contribution in [0.25, 0.3) is 0 Å². The molecule has 20 heavy (non-hydrogen) atoms. The Kier molecular flexibility index (Phi) is 7.59. The summed E-state index contributed by atoms with van der Waals surface area (Å²) >= 11 is 0. The molecule has 0 atom stereocenters. The molecule has 0 aromatic carbocycles. The SMILES string of the molecule is CCCN(CCC)C(=O)CN1CCC(CC(=O)O)CC1. The number of carbonyl (C=O) groups is 2. The molecule has 0 spiro atoms. The third-order valence-corrected chi connectivity index (χ3v) is 3.87. The first-order chi connectivity index (χ1) is 9.56. The van der Waals surface area contributed by atoms with Crippen LogP contribution in [0.1, 0.15) is 46.0 Å². The topological polar surface area (TPSA) is 60.9 Å². The maximum atomic E-state index is 12.2. The summed E-state index contributed by atoms with van der Waals surface area (Å²) in [4.78, 5) is 27.0. The minimum atomic E-state index is -0.711. The Morgan fingerprint density at radius 3 is 2.15 bits per heavy atom. The summed E-state index contributed by atoms with van der Waals surface area (Å²) in [5.74, 6) is -0.219. The van der Waals surface area contributed by atoms with Crippen molar-refractivity contribution in [2.45, 2.75) is 46.0 Å². The van der Waals surface area contributed by atoms with E-state index in [1.807, 2.05) is 4.90 Å². The van der Waals surface area contributed by atoms with E-state index < -0.39 is 5.97 Å². The van der Waals surface area contributed by atoms with Crippen molar-refractivity contribution in [2.75, 3.05) is 32.7 Å². The van der Waals surface area contributed by atoms with Crippen LogP contribution in [0.3, 0.4) is 0 Å². The van der Waals surface area contributed by atoms with E-state index in [9.17, 15) is 9.59 Å². The molecule has 116 valence electrons. The van der Waals surface area contributed by atoms with Crippen LogP contribution in [0.15, 0.2) is 0 Å². The third kappa shape index (κ3) is 5.90. The van der Waals surface area contributed by atoms with Crippen molar-refractivity contribution < 1.29 is 14.7 Å². The van der Waals surface area contributed by atoms with Gasteiger partial charge in [0.05, 0.1) is 6.54 Å². The number of nitrogens with zero attached hydrogens (tertiary/aromatic N) is 2. The lowest BCUT2D eigenvalue weighted by Crippen LogP contribution is -2.44. The Hall–Kier alpha value is -1.10. The molecule has 1 amide bonds. The number of piperidine rings is 1. The molecule has 1 aliphatic heterocycles.